The van der Waals surface area contributed by atoms with Crippen LogP contribution >= 0.6 is 11.3 Å². The van der Waals surface area contributed by atoms with Crippen LogP contribution in [0.3, 0.4) is 0 Å². The lowest BCUT2D eigenvalue weighted by Crippen LogP contribution is -2.22. The van der Waals surface area contributed by atoms with Crippen LogP contribution in [0.4, 0.5) is 5.00 Å². The number of rotatable bonds is 8. The van der Waals surface area contributed by atoms with Gasteiger partial charge in [-0.05, 0) is 11.4 Å². The molecule has 2 rings (SSSR count). The van der Waals surface area contributed by atoms with E-state index in [1.54, 1.807) is 5.38 Å². The monoisotopic (exact) mass is 394 g/mol. The van der Waals surface area contributed by atoms with E-state index in [1.807, 2.05) is 0 Å². The van der Waals surface area contributed by atoms with Gasteiger partial charge in [0.15, 0.2) is 18.1 Å². The summed E-state index contributed by atoms with van der Waals surface area (Å²) in [5.74, 6) is -1.19. The molecule has 0 saturated carbocycles. The Morgan fingerprint density at radius 1 is 1.00 bits per heavy atom. The third-order valence-corrected chi connectivity index (χ3v) is 4.27. The number of anilines is 1. The van der Waals surface area contributed by atoms with Gasteiger partial charge in [0.2, 0.25) is 0 Å². The molecular weight excluding hydrogens is 376 g/mol. The summed E-state index contributed by atoms with van der Waals surface area (Å²) in [5, 5.41) is 4.37. The first-order chi connectivity index (χ1) is 12.9. The minimum absolute atomic E-state index is 0.0666. The van der Waals surface area contributed by atoms with Gasteiger partial charge in [0.25, 0.3) is 11.8 Å². The lowest BCUT2D eigenvalue weighted by Gasteiger charge is -2.13. The maximum Gasteiger partial charge on any atom is 0.342 e. The fourth-order valence-electron chi connectivity index (χ4n) is 2.16. The van der Waals surface area contributed by atoms with Crippen molar-refractivity contribution in [2.24, 2.45) is 5.73 Å². The molecule has 0 saturated heterocycles. The molecule has 0 aliphatic rings. The number of hydrogen-bond donors (Lipinski definition) is 2. The summed E-state index contributed by atoms with van der Waals surface area (Å²) in [6.45, 7) is -0.563. The molecule has 0 atom stereocenters. The first-order valence-corrected chi connectivity index (χ1v) is 8.43. The molecule has 2 amide bonds. The number of amides is 2. The molecule has 1 aromatic heterocycles. The predicted octanol–water partition coefficient (Wildman–Crippen LogP) is 1.67. The van der Waals surface area contributed by atoms with Crippen LogP contribution in [0.25, 0.3) is 0 Å². The molecule has 0 bridgehead atoms. The minimum Gasteiger partial charge on any atom is -0.496 e. The molecular formula is C17H18N2O7S. The Bertz CT molecular complexity index is 863. The van der Waals surface area contributed by atoms with Gasteiger partial charge in [-0.2, -0.15) is 0 Å². The second-order valence-electron chi connectivity index (χ2n) is 5.06. The summed E-state index contributed by atoms with van der Waals surface area (Å²) in [6.07, 6.45) is 0. The van der Waals surface area contributed by atoms with Gasteiger partial charge in [-0.3, -0.25) is 9.59 Å². The van der Waals surface area contributed by atoms with Gasteiger partial charge >= 0.3 is 5.97 Å². The number of nitrogens with one attached hydrogen (secondary N) is 1. The standard InChI is InChI=1S/C17H18N2O7S/c1-23-11-7-13(25-3)12(24-2)6-10(11)17(22)26-8-14(20)19-16-9(15(18)21)4-5-27-16/h4-7H,8H2,1-3H3,(H2,18,21)(H,19,20). The van der Waals surface area contributed by atoms with Crippen LogP contribution in [-0.4, -0.2) is 45.7 Å². The van der Waals surface area contributed by atoms with Crippen LogP contribution in [0.2, 0.25) is 0 Å². The fraction of sp³-hybridized carbons (Fsp3) is 0.235. The van der Waals surface area contributed by atoms with Crippen molar-refractivity contribution < 1.29 is 33.3 Å². The fourth-order valence-corrected chi connectivity index (χ4v) is 2.97. The van der Waals surface area contributed by atoms with Crippen molar-refractivity contribution in [2.45, 2.75) is 0 Å². The highest BCUT2D eigenvalue weighted by Gasteiger charge is 2.20. The van der Waals surface area contributed by atoms with E-state index in [2.05, 4.69) is 5.32 Å². The quantitative estimate of drug-likeness (QED) is 0.652. The first kappa shape index (κ1) is 20.0. The Morgan fingerprint density at radius 3 is 2.22 bits per heavy atom. The molecule has 1 aromatic carbocycles. The van der Waals surface area contributed by atoms with Gasteiger partial charge in [-0.1, -0.05) is 0 Å². The van der Waals surface area contributed by atoms with Gasteiger partial charge in [0, 0.05) is 12.1 Å². The third kappa shape index (κ3) is 4.67. The number of benzene rings is 1. The molecule has 10 heteroatoms. The van der Waals surface area contributed by atoms with Crippen molar-refractivity contribution in [3.05, 3.63) is 34.7 Å². The van der Waals surface area contributed by atoms with Crippen molar-refractivity contribution in [3.63, 3.8) is 0 Å². The lowest BCUT2D eigenvalue weighted by molar-refractivity contribution is -0.119. The summed E-state index contributed by atoms with van der Waals surface area (Å²) in [5.41, 5.74) is 5.46. The number of methoxy groups -OCH3 is 3. The van der Waals surface area contributed by atoms with E-state index in [4.69, 9.17) is 24.7 Å². The van der Waals surface area contributed by atoms with Gasteiger partial charge in [-0.25, -0.2) is 4.79 Å². The van der Waals surface area contributed by atoms with E-state index in [0.29, 0.717) is 11.5 Å². The van der Waals surface area contributed by atoms with Crippen LogP contribution in [0, 0.1) is 0 Å². The molecule has 0 fully saturated rings. The number of hydrogen-bond acceptors (Lipinski definition) is 8. The van der Waals surface area contributed by atoms with Crippen molar-refractivity contribution in [1.82, 2.24) is 0 Å². The van der Waals surface area contributed by atoms with Gasteiger partial charge in [0.1, 0.15) is 16.3 Å². The zero-order valence-corrected chi connectivity index (χ0v) is 15.7. The number of ether oxygens (including phenoxy) is 4. The minimum atomic E-state index is -0.788. The van der Waals surface area contributed by atoms with E-state index in [1.165, 1.54) is 39.5 Å². The molecule has 1 heterocycles. The van der Waals surface area contributed by atoms with Crippen molar-refractivity contribution in [2.75, 3.05) is 33.3 Å². The van der Waals surface area contributed by atoms with E-state index in [-0.39, 0.29) is 21.9 Å². The Balaban J connectivity index is 2.07. The summed E-state index contributed by atoms with van der Waals surface area (Å²) < 4.78 is 20.5. The highest BCUT2D eigenvalue weighted by Crippen LogP contribution is 2.34. The SMILES string of the molecule is COc1cc(OC)c(C(=O)OCC(=O)Nc2sccc2C(N)=O)cc1OC. The summed E-state index contributed by atoms with van der Waals surface area (Å²) in [4.78, 5) is 35.6. The zero-order chi connectivity index (χ0) is 20.0. The predicted molar refractivity (Wildman–Crippen MR) is 97.8 cm³/mol. The highest BCUT2D eigenvalue weighted by atomic mass is 32.1. The van der Waals surface area contributed by atoms with Crippen LogP contribution < -0.4 is 25.3 Å². The van der Waals surface area contributed by atoms with Crippen LogP contribution in [0.1, 0.15) is 20.7 Å². The van der Waals surface area contributed by atoms with Crippen molar-refractivity contribution in [3.8, 4) is 17.2 Å². The molecule has 2 aromatic rings. The normalized spacial score (nSPS) is 10.0. The van der Waals surface area contributed by atoms with Crippen molar-refractivity contribution in [1.29, 1.82) is 0 Å². The summed E-state index contributed by atoms with van der Waals surface area (Å²) in [6, 6.07) is 4.35. The average Bonchev–Trinajstić information content (AvgIpc) is 3.13. The molecule has 144 valence electrons. The van der Waals surface area contributed by atoms with E-state index in [0.717, 1.165) is 11.3 Å². The molecule has 27 heavy (non-hydrogen) atoms. The largest absolute Gasteiger partial charge is 0.496 e. The smallest absolute Gasteiger partial charge is 0.342 e. The molecule has 9 nitrogen and oxygen atoms in total. The maximum absolute atomic E-state index is 12.3. The molecule has 0 unspecified atom stereocenters. The van der Waals surface area contributed by atoms with Crippen LogP contribution in [0.5, 0.6) is 17.2 Å². The van der Waals surface area contributed by atoms with Crippen LogP contribution in [-0.2, 0) is 9.53 Å². The first-order valence-electron chi connectivity index (χ1n) is 7.55. The highest BCUT2D eigenvalue weighted by molar-refractivity contribution is 7.14. The number of nitrogens with two attached hydrogens (primary N) is 1. The van der Waals surface area contributed by atoms with E-state index in [9.17, 15) is 14.4 Å². The number of primary amides is 1. The Kier molecular flexibility index (Phi) is 6.61. The third-order valence-electron chi connectivity index (χ3n) is 3.44. The van der Waals surface area contributed by atoms with E-state index < -0.39 is 24.4 Å². The molecule has 0 aliphatic carbocycles. The maximum atomic E-state index is 12.3. The Labute approximate surface area is 159 Å². The van der Waals surface area contributed by atoms with Gasteiger partial charge in [0.05, 0.1) is 26.9 Å². The second kappa shape index (κ2) is 8.90. The Morgan fingerprint density at radius 2 is 1.63 bits per heavy atom. The molecule has 0 spiro atoms. The number of thiophene rings is 1. The number of esters is 1. The summed E-state index contributed by atoms with van der Waals surface area (Å²) >= 11 is 1.13. The van der Waals surface area contributed by atoms with Gasteiger partial charge < -0.3 is 30.0 Å². The average molecular weight is 394 g/mol. The lowest BCUT2D eigenvalue weighted by atomic mass is 10.1. The van der Waals surface area contributed by atoms with E-state index >= 15 is 0 Å². The number of carbonyl (C=O) groups excluding carboxylic acids is 3. The molecule has 0 aliphatic heterocycles. The zero-order valence-electron chi connectivity index (χ0n) is 14.9. The second-order valence-corrected chi connectivity index (χ2v) is 5.98. The Hall–Kier alpha value is -3.27. The topological polar surface area (TPSA) is 126 Å². The molecule has 0 radical (unpaired) electrons. The van der Waals surface area contributed by atoms with Crippen molar-refractivity contribution >= 4 is 34.1 Å². The molecule has 3 N–H and O–H groups in total. The summed E-state index contributed by atoms with van der Waals surface area (Å²) in [7, 11) is 4.25. The van der Waals surface area contributed by atoms with Crippen LogP contribution in [0.15, 0.2) is 23.6 Å². The number of carbonyl (C=O) groups is 3. The van der Waals surface area contributed by atoms with Gasteiger partial charge in [-0.15, -0.1) is 11.3 Å².